The smallest absolute Gasteiger partial charge is 0.416 e. The molecule has 0 aliphatic carbocycles. The Balaban J connectivity index is 1.93. The van der Waals surface area contributed by atoms with Gasteiger partial charge in [-0.25, -0.2) is 0 Å². The molecule has 0 bridgehead atoms. The van der Waals surface area contributed by atoms with E-state index in [9.17, 15) is 35.9 Å². The standard InChI is InChI=1S/C27H26F6N2O3/c1-17(2)35(25(37)20-11-21(26(28,29)30)13-22(12-20)27(31,32)33)16-24(36)34(14-19-7-5-4-6-8-19)15-23-10-9-18(3)38-23/h4-13,17H,14-16H2,1-3H3. The summed E-state index contributed by atoms with van der Waals surface area (Å²) in [5.74, 6) is -0.593. The SMILES string of the molecule is Cc1ccc(CN(Cc2ccccc2)C(=O)CN(C(=O)c2cc(C(F)(F)F)cc(C(F)(F)F)c2)C(C)C)o1. The third kappa shape index (κ3) is 7.39. The van der Waals surface area contributed by atoms with Crippen LogP contribution in [-0.2, 0) is 30.2 Å². The van der Waals surface area contributed by atoms with E-state index in [1.165, 1.54) is 18.7 Å². The van der Waals surface area contributed by atoms with E-state index in [4.69, 9.17) is 4.42 Å². The number of rotatable bonds is 8. The molecular weight excluding hydrogens is 514 g/mol. The molecule has 0 N–H and O–H groups in total. The quantitative estimate of drug-likeness (QED) is 0.299. The Kier molecular flexibility index (Phi) is 8.58. The summed E-state index contributed by atoms with van der Waals surface area (Å²) < 4.78 is 85.5. The van der Waals surface area contributed by atoms with Crippen LogP contribution in [0.5, 0.6) is 0 Å². The second-order valence-corrected chi connectivity index (χ2v) is 9.07. The van der Waals surface area contributed by atoms with E-state index in [1.54, 1.807) is 49.4 Å². The largest absolute Gasteiger partial charge is 0.464 e. The van der Waals surface area contributed by atoms with Gasteiger partial charge in [0.05, 0.1) is 17.7 Å². The summed E-state index contributed by atoms with van der Waals surface area (Å²) in [5, 5.41) is 0. The molecule has 0 aliphatic heterocycles. The van der Waals surface area contributed by atoms with Crippen LogP contribution in [0.2, 0.25) is 0 Å². The molecule has 5 nitrogen and oxygen atoms in total. The van der Waals surface area contributed by atoms with Crippen LogP contribution in [0.15, 0.2) is 65.1 Å². The molecule has 0 atom stereocenters. The molecule has 0 fully saturated rings. The average Bonchev–Trinajstić information content (AvgIpc) is 3.25. The number of hydrogen-bond acceptors (Lipinski definition) is 3. The lowest BCUT2D eigenvalue weighted by Crippen LogP contribution is -2.45. The summed E-state index contributed by atoms with van der Waals surface area (Å²) in [6.07, 6.45) is -10.2. The minimum Gasteiger partial charge on any atom is -0.464 e. The number of carbonyl (C=O) groups is 2. The van der Waals surface area contributed by atoms with Crippen molar-refractivity contribution in [1.29, 1.82) is 0 Å². The van der Waals surface area contributed by atoms with Crippen molar-refractivity contribution < 1.29 is 40.3 Å². The highest BCUT2D eigenvalue weighted by Gasteiger charge is 2.38. The Labute approximate surface area is 215 Å². The minimum absolute atomic E-state index is 0.0451. The number of halogens is 6. The van der Waals surface area contributed by atoms with Gasteiger partial charge in [0, 0.05) is 18.2 Å². The number of nitrogens with zero attached hydrogens (tertiary/aromatic N) is 2. The van der Waals surface area contributed by atoms with Gasteiger partial charge in [0.25, 0.3) is 5.91 Å². The Morgan fingerprint density at radius 3 is 1.89 bits per heavy atom. The first kappa shape index (κ1) is 28.8. The topological polar surface area (TPSA) is 53.8 Å². The molecule has 0 aliphatic rings. The van der Waals surface area contributed by atoms with Crippen LogP contribution in [0.1, 0.15) is 52.4 Å². The molecule has 1 heterocycles. The van der Waals surface area contributed by atoms with Crippen molar-refractivity contribution in [3.8, 4) is 0 Å². The van der Waals surface area contributed by atoms with E-state index in [-0.39, 0.29) is 19.2 Å². The second kappa shape index (κ2) is 11.3. The second-order valence-electron chi connectivity index (χ2n) is 9.07. The highest BCUT2D eigenvalue weighted by molar-refractivity contribution is 5.97. The van der Waals surface area contributed by atoms with Gasteiger partial charge in [-0.05, 0) is 56.7 Å². The Morgan fingerprint density at radius 1 is 0.842 bits per heavy atom. The molecule has 0 saturated carbocycles. The molecule has 0 radical (unpaired) electrons. The highest BCUT2D eigenvalue weighted by Crippen LogP contribution is 2.36. The van der Waals surface area contributed by atoms with E-state index in [0.717, 1.165) is 10.5 Å². The number of amides is 2. The van der Waals surface area contributed by atoms with Crippen LogP contribution >= 0.6 is 0 Å². The van der Waals surface area contributed by atoms with Crippen molar-refractivity contribution in [3.63, 3.8) is 0 Å². The lowest BCUT2D eigenvalue weighted by atomic mass is 10.0. The summed E-state index contributed by atoms with van der Waals surface area (Å²) in [6, 6.07) is 12.3. The van der Waals surface area contributed by atoms with Crippen LogP contribution < -0.4 is 0 Å². The highest BCUT2D eigenvalue weighted by atomic mass is 19.4. The van der Waals surface area contributed by atoms with Crippen LogP contribution in [0, 0.1) is 6.92 Å². The predicted molar refractivity (Wildman–Crippen MR) is 127 cm³/mol. The average molecular weight is 541 g/mol. The van der Waals surface area contributed by atoms with E-state index >= 15 is 0 Å². The molecule has 2 aromatic carbocycles. The van der Waals surface area contributed by atoms with Gasteiger partial charge in [-0.2, -0.15) is 26.3 Å². The summed E-state index contributed by atoms with van der Waals surface area (Å²) in [7, 11) is 0. The number of alkyl halides is 6. The van der Waals surface area contributed by atoms with E-state index in [1.807, 2.05) is 0 Å². The fourth-order valence-electron chi connectivity index (χ4n) is 3.77. The Morgan fingerprint density at radius 2 is 1.42 bits per heavy atom. The van der Waals surface area contributed by atoms with Gasteiger partial charge in [0.2, 0.25) is 5.91 Å². The van der Waals surface area contributed by atoms with Crippen LogP contribution in [0.4, 0.5) is 26.3 Å². The molecule has 3 aromatic rings. The van der Waals surface area contributed by atoms with Crippen molar-refractivity contribution in [3.05, 3.63) is 94.4 Å². The van der Waals surface area contributed by atoms with E-state index in [0.29, 0.717) is 23.7 Å². The zero-order valence-corrected chi connectivity index (χ0v) is 20.9. The fraction of sp³-hybridized carbons (Fsp3) is 0.333. The first-order valence-corrected chi connectivity index (χ1v) is 11.6. The summed E-state index contributed by atoms with van der Waals surface area (Å²) in [4.78, 5) is 29.0. The Bertz CT molecular complexity index is 1230. The van der Waals surface area contributed by atoms with Crippen molar-refractivity contribution in [2.45, 2.75) is 52.3 Å². The molecule has 2 amide bonds. The van der Waals surface area contributed by atoms with E-state index in [2.05, 4.69) is 0 Å². The minimum atomic E-state index is -5.11. The van der Waals surface area contributed by atoms with Gasteiger partial charge in [-0.3, -0.25) is 9.59 Å². The van der Waals surface area contributed by atoms with Crippen LogP contribution in [0.3, 0.4) is 0 Å². The zero-order valence-electron chi connectivity index (χ0n) is 20.9. The molecular formula is C27H26F6N2O3. The van der Waals surface area contributed by atoms with Gasteiger partial charge in [0.1, 0.15) is 18.1 Å². The normalized spacial score (nSPS) is 12.1. The van der Waals surface area contributed by atoms with Gasteiger partial charge in [-0.15, -0.1) is 0 Å². The fourth-order valence-corrected chi connectivity index (χ4v) is 3.77. The maximum absolute atomic E-state index is 13.4. The van der Waals surface area contributed by atoms with Crippen molar-refractivity contribution in [2.75, 3.05) is 6.54 Å². The maximum atomic E-state index is 13.4. The summed E-state index contributed by atoms with van der Waals surface area (Å²) >= 11 is 0. The van der Waals surface area contributed by atoms with E-state index < -0.39 is 53.4 Å². The molecule has 0 saturated heterocycles. The first-order chi connectivity index (χ1) is 17.6. The molecule has 38 heavy (non-hydrogen) atoms. The zero-order chi connectivity index (χ0) is 28.3. The molecule has 0 spiro atoms. The number of hydrogen-bond donors (Lipinski definition) is 0. The third-order valence-corrected chi connectivity index (χ3v) is 5.74. The molecule has 0 unspecified atom stereocenters. The molecule has 3 rings (SSSR count). The monoisotopic (exact) mass is 540 g/mol. The number of benzene rings is 2. The maximum Gasteiger partial charge on any atom is 0.416 e. The third-order valence-electron chi connectivity index (χ3n) is 5.74. The number of furan rings is 1. The lowest BCUT2D eigenvalue weighted by Gasteiger charge is -2.30. The molecule has 11 heteroatoms. The first-order valence-electron chi connectivity index (χ1n) is 11.6. The molecule has 204 valence electrons. The van der Waals surface area contributed by atoms with Gasteiger partial charge >= 0.3 is 12.4 Å². The Hall–Kier alpha value is -3.76. The van der Waals surface area contributed by atoms with Gasteiger partial charge in [0.15, 0.2) is 0 Å². The predicted octanol–water partition coefficient (Wildman–Crippen LogP) is 6.71. The number of carbonyl (C=O) groups excluding carboxylic acids is 2. The van der Waals surface area contributed by atoms with Crippen molar-refractivity contribution in [2.24, 2.45) is 0 Å². The molecule has 1 aromatic heterocycles. The van der Waals surface area contributed by atoms with Crippen LogP contribution in [0.25, 0.3) is 0 Å². The van der Waals surface area contributed by atoms with Crippen molar-refractivity contribution >= 4 is 11.8 Å². The van der Waals surface area contributed by atoms with Gasteiger partial charge < -0.3 is 14.2 Å². The lowest BCUT2D eigenvalue weighted by molar-refractivity contribution is -0.143. The summed E-state index contributed by atoms with van der Waals surface area (Å²) in [6.45, 7) is 4.38. The van der Waals surface area contributed by atoms with Crippen molar-refractivity contribution in [1.82, 2.24) is 9.80 Å². The van der Waals surface area contributed by atoms with Crippen LogP contribution in [-0.4, -0.2) is 34.2 Å². The summed E-state index contributed by atoms with van der Waals surface area (Å²) in [5.41, 5.74) is -3.25. The van der Waals surface area contributed by atoms with Gasteiger partial charge in [-0.1, -0.05) is 30.3 Å². The number of aryl methyl sites for hydroxylation is 1.